The maximum Gasteiger partial charge on any atom is 0.216 e. The number of rotatable bonds is 3. The van der Waals surface area contributed by atoms with Crippen LogP contribution in [0.1, 0.15) is 45.6 Å². The van der Waals surface area contributed by atoms with Crippen molar-refractivity contribution in [2.75, 3.05) is 0 Å². The molecule has 7 heteroatoms. The molecule has 0 aliphatic heterocycles. The predicted octanol–water partition coefficient (Wildman–Crippen LogP) is 5.89. The van der Waals surface area contributed by atoms with E-state index in [9.17, 15) is 15.3 Å². The van der Waals surface area contributed by atoms with Gasteiger partial charge in [0.1, 0.15) is 0 Å². The van der Waals surface area contributed by atoms with E-state index in [4.69, 9.17) is 22.3 Å². The lowest BCUT2D eigenvalue weighted by atomic mass is 9.78. The summed E-state index contributed by atoms with van der Waals surface area (Å²) in [5, 5.41) is 21.2. The molecule has 3 aromatic rings. The number of Topliss-reactive ketones (excluding diaryl/α,β-unsaturated/α-hetero) is 1. The quantitative estimate of drug-likeness (QED) is 0.426. The molecule has 0 fully saturated rings. The number of hydrogen-bond donors (Lipinski definition) is 1. The highest BCUT2D eigenvalue weighted by molar-refractivity contribution is 9.10. The van der Waals surface area contributed by atoms with Crippen LogP contribution in [0.25, 0.3) is 17.0 Å². The summed E-state index contributed by atoms with van der Waals surface area (Å²) < 4.78 is 0.813. The highest BCUT2D eigenvalue weighted by atomic mass is 79.9. The largest absolute Gasteiger partial charge is 0.398 e. The van der Waals surface area contributed by atoms with Gasteiger partial charge in [0, 0.05) is 26.2 Å². The molecule has 2 aliphatic rings. The molecule has 2 aliphatic carbocycles. The van der Waals surface area contributed by atoms with Crippen molar-refractivity contribution in [1.29, 1.82) is 10.5 Å². The number of nitriles is 2. The van der Waals surface area contributed by atoms with Gasteiger partial charge in [0.25, 0.3) is 0 Å². The van der Waals surface area contributed by atoms with Crippen LogP contribution >= 0.6 is 27.5 Å². The van der Waals surface area contributed by atoms with Crippen LogP contribution in [0.3, 0.4) is 0 Å². The summed E-state index contributed by atoms with van der Waals surface area (Å²) in [4.78, 5) is 18.5. The van der Waals surface area contributed by atoms with Gasteiger partial charge in [-0.15, -0.1) is 0 Å². The molecule has 2 N–H and O–H groups in total. The molecule has 0 spiro atoms. The fraction of sp³-hybridized carbons (Fsp3) is 0.185. The number of benzene rings is 2. The molecule has 0 unspecified atom stereocenters. The second kappa shape index (κ2) is 8.40. The van der Waals surface area contributed by atoms with Gasteiger partial charge in [-0.05, 0) is 67.1 Å². The molecule has 5 rings (SSSR count). The smallest absolute Gasteiger partial charge is 0.216 e. The van der Waals surface area contributed by atoms with E-state index in [-0.39, 0.29) is 17.0 Å². The Morgan fingerprint density at radius 2 is 1.68 bits per heavy atom. The van der Waals surface area contributed by atoms with Crippen molar-refractivity contribution in [3.63, 3.8) is 0 Å². The minimum atomic E-state index is -1.91. The summed E-state index contributed by atoms with van der Waals surface area (Å²) in [6, 6.07) is 18.4. The number of hydrogen-bond acceptors (Lipinski definition) is 5. The summed E-state index contributed by atoms with van der Waals surface area (Å²) in [5.74, 6) is -0.449. The van der Waals surface area contributed by atoms with Gasteiger partial charge in [-0.1, -0.05) is 45.7 Å². The zero-order valence-electron chi connectivity index (χ0n) is 18.0. The van der Waals surface area contributed by atoms with Crippen LogP contribution < -0.4 is 5.73 Å². The van der Waals surface area contributed by atoms with Crippen LogP contribution in [0.2, 0.25) is 5.02 Å². The number of pyridine rings is 1. The first-order valence-corrected chi connectivity index (χ1v) is 12.0. The van der Waals surface area contributed by atoms with E-state index in [1.807, 2.05) is 18.2 Å². The van der Waals surface area contributed by atoms with E-state index in [1.54, 1.807) is 30.3 Å². The first-order valence-electron chi connectivity index (χ1n) is 10.9. The predicted molar refractivity (Wildman–Crippen MR) is 134 cm³/mol. The normalized spacial score (nSPS) is 15.8. The Morgan fingerprint density at radius 3 is 2.32 bits per heavy atom. The molecule has 1 heterocycles. The van der Waals surface area contributed by atoms with E-state index in [0.29, 0.717) is 21.8 Å². The van der Waals surface area contributed by atoms with Gasteiger partial charge in [-0.3, -0.25) is 4.79 Å². The second-order valence-electron chi connectivity index (χ2n) is 8.43. The maximum absolute atomic E-state index is 13.6. The third-order valence-corrected chi connectivity index (χ3v) is 7.44. The molecule has 0 bridgehead atoms. The molecule has 0 radical (unpaired) electrons. The summed E-state index contributed by atoms with van der Waals surface area (Å²) >= 11 is 9.90. The van der Waals surface area contributed by atoms with Crippen molar-refractivity contribution >= 4 is 39.0 Å². The van der Waals surface area contributed by atoms with Crippen molar-refractivity contribution in [3.05, 3.63) is 91.5 Å². The van der Waals surface area contributed by atoms with Crippen molar-refractivity contribution in [2.45, 2.75) is 31.1 Å². The highest BCUT2D eigenvalue weighted by Crippen LogP contribution is 2.49. The minimum absolute atomic E-state index is 0.0218. The van der Waals surface area contributed by atoms with Gasteiger partial charge in [0.2, 0.25) is 5.41 Å². The Kier molecular flexibility index (Phi) is 5.52. The average molecular weight is 530 g/mol. The lowest BCUT2D eigenvalue weighted by molar-refractivity contribution is 0.102. The van der Waals surface area contributed by atoms with Crippen LogP contribution in [-0.2, 0) is 18.3 Å². The Morgan fingerprint density at radius 1 is 1.03 bits per heavy atom. The Hall–Kier alpha value is -3.45. The number of allylic oxidation sites excluding steroid dienone is 1. The van der Waals surface area contributed by atoms with Crippen LogP contribution in [0.5, 0.6) is 0 Å². The van der Waals surface area contributed by atoms with Crippen LogP contribution in [-0.4, -0.2) is 10.8 Å². The van der Waals surface area contributed by atoms with Crippen LogP contribution in [0.4, 0.5) is 0 Å². The number of carbonyl (C=O) groups excluding carboxylic acids is 1. The monoisotopic (exact) mass is 528 g/mol. The first-order chi connectivity index (χ1) is 16.4. The van der Waals surface area contributed by atoms with Crippen LogP contribution in [0, 0.1) is 22.7 Å². The molecule has 0 atom stereocenters. The number of ketones is 1. The van der Waals surface area contributed by atoms with Crippen molar-refractivity contribution in [2.24, 2.45) is 5.73 Å². The molecule has 0 saturated carbocycles. The zero-order chi connectivity index (χ0) is 24.0. The molecule has 0 amide bonds. The van der Waals surface area contributed by atoms with Gasteiger partial charge >= 0.3 is 0 Å². The van der Waals surface area contributed by atoms with Gasteiger partial charge in [0.05, 0.1) is 34.8 Å². The average Bonchev–Trinajstić information content (AvgIpc) is 3.12. The summed E-state index contributed by atoms with van der Waals surface area (Å²) in [7, 11) is 0. The van der Waals surface area contributed by atoms with E-state index >= 15 is 0 Å². The zero-order valence-corrected chi connectivity index (χ0v) is 20.4. The molecular formula is C27H18BrClN4O. The lowest BCUT2D eigenvalue weighted by Crippen LogP contribution is -2.29. The standard InChI is InChI=1S/C27H18BrClN4O/c28-16-11-9-15(10-12-16)25(34)22-23(32)21-17-5-1-2-6-18(17)24(19-7-3-4-8-20(19)29)33-26(21)27(22,13-30)14-31/h3-4,7-12H,1-2,5-6,32H2. The number of nitrogens with zero attached hydrogens (tertiary/aromatic N) is 3. The number of halogens is 2. The van der Waals surface area contributed by atoms with Gasteiger partial charge < -0.3 is 5.73 Å². The Bertz CT molecular complexity index is 1460. The Labute approximate surface area is 210 Å². The fourth-order valence-corrected chi connectivity index (χ4v) is 5.47. The fourth-order valence-electron chi connectivity index (χ4n) is 4.98. The summed E-state index contributed by atoms with van der Waals surface area (Å²) in [5.41, 5.74) is 9.35. The molecule has 34 heavy (non-hydrogen) atoms. The van der Waals surface area contributed by atoms with Gasteiger partial charge in [-0.2, -0.15) is 10.5 Å². The summed E-state index contributed by atoms with van der Waals surface area (Å²) in [6.07, 6.45) is 3.44. The first kappa shape index (κ1) is 22.3. The van der Waals surface area contributed by atoms with Crippen molar-refractivity contribution in [1.82, 2.24) is 4.98 Å². The third-order valence-electron chi connectivity index (χ3n) is 6.58. The number of nitrogens with two attached hydrogens (primary N) is 1. The van der Waals surface area contributed by atoms with E-state index < -0.39 is 11.2 Å². The van der Waals surface area contributed by atoms with E-state index in [1.165, 1.54) is 0 Å². The third kappa shape index (κ3) is 3.18. The molecule has 2 aromatic carbocycles. The molecule has 1 aromatic heterocycles. The minimum Gasteiger partial charge on any atom is -0.398 e. The highest BCUT2D eigenvalue weighted by Gasteiger charge is 2.52. The molecule has 5 nitrogen and oxygen atoms in total. The summed E-state index contributed by atoms with van der Waals surface area (Å²) in [6.45, 7) is 0. The maximum atomic E-state index is 13.6. The lowest BCUT2D eigenvalue weighted by Gasteiger charge is -2.24. The molecule has 166 valence electrons. The van der Waals surface area contributed by atoms with Gasteiger partial charge in [-0.25, -0.2) is 4.98 Å². The number of carbonyl (C=O) groups is 1. The second-order valence-corrected chi connectivity index (χ2v) is 9.75. The number of fused-ring (bicyclic) bond motifs is 3. The number of aromatic nitrogens is 1. The van der Waals surface area contributed by atoms with Crippen LogP contribution in [0.15, 0.2) is 58.6 Å². The van der Waals surface area contributed by atoms with E-state index in [2.05, 4.69) is 28.1 Å². The SMILES string of the molecule is N#CC1(C#N)C(C(=O)c2ccc(Br)cc2)=C(N)c2c1nc(-c1ccccc1Cl)c1c2CCCC1. The van der Waals surface area contributed by atoms with Gasteiger partial charge in [0.15, 0.2) is 5.78 Å². The topological polar surface area (TPSA) is 104 Å². The van der Waals surface area contributed by atoms with Crippen molar-refractivity contribution in [3.8, 4) is 23.4 Å². The molecular weight excluding hydrogens is 512 g/mol. The molecule has 0 saturated heterocycles. The van der Waals surface area contributed by atoms with Crippen molar-refractivity contribution < 1.29 is 4.79 Å². The van der Waals surface area contributed by atoms with E-state index in [0.717, 1.165) is 46.8 Å². The Balaban J connectivity index is 1.82.